The van der Waals surface area contributed by atoms with E-state index in [4.69, 9.17) is 9.47 Å². The van der Waals surface area contributed by atoms with Crippen LogP contribution in [-0.2, 0) is 24.2 Å². The van der Waals surface area contributed by atoms with Crippen LogP contribution in [0.5, 0.6) is 5.75 Å². The molecule has 0 amide bonds. The zero-order valence-electron chi connectivity index (χ0n) is 31.0. The topological polar surface area (TPSA) is 219 Å². The SMILES string of the molecule is O=C1c2cccc3c2C(=O)C2(C(O)=CC(Cc4cccc(CO)c4)=CC12)C(CCCO)SSCNc1cc(ccn1)CC1CCC2(CO)OC(O3)C(O)C1(O)C2O. The van der Waals surface area contributed by atoms with Gasteiger partial charge in [-0.15, -0.1) is 0 Å². The number of Topliss-reactive ketones (excluding diaryl/α,β-unsaturated/α-hetero) is 2. The highest BCUT2D eigenvalue weighted by Gasteiger charge is 2.68. The second-order valence-corrected chi connectivity index (χ2v) is 18.2. The second-order valence-electron chi connectivity index (χ2n) is 15.6. The van der Waals surface area contributed by atoms with E-state index in [1.165, 1.54) is 45.9 Å². The van der Waals surface area contributed by atoms with E-state index in [1.807, 2.05) is 24.3 Å². The van der Waals surface area contributed by atoms with Crippen molar-refractivity contribution in [2.75, 3.05) is 24.4 Å². The predicted octanol–water partition coefficient (Wildman–Crippen LogP) is 3.66. The molecular formula is C42H46N2O11S2. The van der Waals surface area contributed by atoms with Gasteiger partial charge >= 0.3 is 0 Å². The summed E-state index contributed by atoms with van der Waals surface area (Å²) in [5.74, 6) is -2.57. The molecule has 13 nitrogen and oxygen atoms in total. The number of benzene rings is 2. The Kier molecular flexibility index (Phi) is 11.1. The van der Waals surface area contributed by atoms with Gasteiger partial charge in [-0.1, -0.05) is 64.1 Å². The van der Waals surface area contributed by atoms with E-state index in [1.54, 1.807) is 24.4 Å². The highest BCUT2D eigenvalue weighted by atomic mass is 33.1. The molecule has 9 unspecified atom stereocenters. The number of ether oxygens (including phenoxy) is 2. The molecule has 1 spiro atoms. The van der Waals surface area contributed by atoms with E-state index in [0.717, 1.165) is 11.1 Å². The summed E-state index contributed by atoms with van der Waals surface area (Å²) in [6.45, 7) is -1.06. The van der Waals surface area contributed by atoms with Gasteiger partial charge in [0.15, 0.2) is 11.6 Å². The number of aliphatic hydroxyl groups excluding tert-OH is 6. The van der Waals surface area contributed by atoms with Gasteiger partial charge in [0.25, 0.3) is 0 Å². The van der Waals surface area contributed by atoms with Crippen LogP contribution >= 0.6 is 21.6 Å². The third-order valence-corrected chi connectivity index (χ3v) is 15.1. The first-order valence-corrected chi connectivity index (χ1v) is 21.5. The third-order valence-electron chi connectivity index (χ3n) is 12.4. The highest BCUT2D eigenvalue weighted by Crippen LogP contribution is 2.58. The van der Waals surface area contributed by atoms with Crippen molar-refractivity contribution in [3.8, 4) is 5.75 Å². The van der Waals surface area contributed by atoms with Gasteiger partial charge in [-0.05, 0) is 91.0 Å². The zero-order chi connectivity index (χ0) is 40.1. The van der Waals surface area contributed by atoms with Crippen LogP contribution in [-0.4, -0.2) is 106 Å². The molecule has 302 valence electrons. The lowest BCUT2D eigenvalue weighted by molar-refractivity contribution is -0.376. The van der Waals surface area contributed by atoms with Crippen molar-refractivity contribution in [1.29, 1.82) is 0 Å². The van der Waals surface area contributed by atoms with Crippen molar-refractivity contribution in [1.82, 2.24) is 4.98 Å². The third kappa shape index (κ3) is 6.61. The number of aliphatic hydroxyl groups is 7. The Hall–Kier alpha value is -3.77. The summed E-state index contributed by atoms with van der Waals surface area (Å²) in [6, 6.07) is 15.4. The van der Waals surface area contributed by atoms with Crippen LogP contribution in [0.3, 0.4) is 0 Å². The van der Waals surface area contributed by atoms with Crippen molar-refractivity contribution in [2.24, 2.45) is 17.3 Å². The molecule has 3 heterocycles. The molecule has 3 aromatic rings. The quantitative estimate of drug-likeness (QED) is 0.160. The molecule has 1 aromatic heterocycles. The number of carbonyl (C=O) groups excluding carboxylic acids is 2. The number of allylic oxidation sites excluding steroid dienone is 4. The van der Waals surface area contributed by atoms with Gasteiger partial charge < -0.3 is 50.5 Å². The Morgan fingerprint density at radius 3 is 2.61 bits per heavy atom. The Labute approximate surface area is 337 Å². The molecule has 9 atom stereocenters. The highest BCUT2D eigenvalue weighted by molar-refractivity contribution is 8.77. The Morgan fingerprint density at radius 2 is 1.82 bits per heavy atom. The summed E-state index contributed by atoms with van der Waals surface area (Å²) < 4.78 is 12.5. The van der Waals surface area contributed by atoms with Gasteiger partial charge in [0.2, 0.25) is 6.29 Å². The number of anilines is 1. The standard InChI is InChI=1S/C42H46N2O11S2/c45-13-3-8-32-41-29(17-26(18-31(41)48)15-23-4-1-5-25(14-23)20-46)35(49)28-6-2-7-30(34(28)36(41)50)54-38-37(51)42(53)27(9-11-40(21-47,55-38)39(42)52)16-24-10-12-43-33(19-24)44-22-56-57-32/h1-2,4-7,10,12,14,17-19,27,29,32,37-39,45-48,51-53H,3,8-9,11,13,15-16,20-22H2,(H,43,44). The smallest absolute Gasteiger partial charge is 0.229 e. The molecule has 1 saturated heterocycles. The molecule has 57 heavy (non-hydrogen) atoms. The fourth-order valence-electron chi connectivity index (χ4n) is 9.51. The Balaban J connectivity index is 1.28. The van der Waals surface area contributed by atoms with E-state index < -0.39 is 70.4 Å². The van der Waals surface area contributed by atoms with Crippen molar-refractivity contribution in [2.45, 2.75) is 80.1 Å². The lowest BCUT2D eigenvalue weighted by atomic mass is 9.57. The minimum absolute atomic E-state index is 0.0314. The molecule has 15 heteroatoms. The van der Waals surface area contributed by atoms with Gasteiger partial charge in [0.1, 0.15) is 46.2 Å². The first-order valence-electron chi connectivity index (χ1n) is 19.1. The largest absolute Gasteiger partial charge is 0.511 e. The van der Waals surface area contributed by atoms with Crippen LogP contribution in [0.2, 0.25) is 0 Å². The monoisotopic (exact) mass is 818 g/mol. The first kappa shape index (κ1) is 40.0. The van der Waals surface area contributed by atoms with Crippen LogP contribution in [0.15, 0.2) is 84.3 Å². The number of carbonyl (C=O) groups is 2. The average molecular weight is 819 g/mol. The predicted molar refractivity (Wildman–Crippen MR) is 213 cm³/mol. The molecular weight excluding hydrogens is 773 g/mol. The number of fused-ring (bicyclic) bond motifs is 4. The number of aromatic nitrogens is 1. The summed E-state index contributed by atoms with van der Waals surface area (Å²) in [6.07, 6.45) is 1.06. The maximum atomic E-state index is 15.5. The van der Waals surface area contributed by atoms with Gasteiger partial charge in [-0.3, -0.25) is 9.59 Å². The fraction of sp³-hybridized carbons (Fsp3) is 0.452. The summed E-state index contributed by atoms with van der Waals surface area (Å²) >= 11 is 0. The van der Waals surface area contributed by atoms with Crippen LogP contribution in [0.1, 0.15) is 63.1 Å². The Morgan fingerprint density at radius 1 is 1.02 bits per heavy atom. The van der Waals surface area contributed by atoms with Crippen molar-refractivity contribution >= 4 is 39.0 Å². The minimum atomic E-state index is -2.22. The molecule has 0 radical (unpaired) electrons. The number of nitrogens with zero attached hydrogens (tertiary/aromatic N) is 1. The fourth-order valence-corrected chi connectivity index (χ4v) is 12.4. The van der Waals surface area contributed by atoms with Gasteiger partial charge in [-0.2, -0.15) is 0 Å². The summed E-state index contributed by atoms with van der Waals surface area (Å²) in [7, 11) is 2.69. The number of nitrogens with one attached hydrogen (secondary N) is 1. The van der Waals surface area contributed by atoms with Crippen LogP contribution in [0.25, 0.3) is 0 Å². The second kappa shape index (κ2) is 15.8. The maximum absolute atomic E-state index is 15.5. The molecule has 3 aliphatic carbocycles. The van der Waals surface area contributed by atoms with E-state index in [2.05, 4.69) is 10.3 Å². The van der Waals surface area contributed by atoms with Crippen LogP contribution in [0, 0.1) is 17.3 Å². The van der Waals surface area contributed by atoms with Crippen molar-refractivity contribution < 1.29 is 54.8 Å². The first-order chi connectivity index (χ1) is 27.5. The maximum Gasteiger partial charge on any atom is 0.229 e. The lowest BCUT2D eigenvalue weighted by Crippen LogP contribution is -2.78. The van der Waals surface area contributed by atoms with Crippen molar-refractivity contribution in [3.63, 3.8) is 0 Å². The summed E-state index contributed by atoms with van der Waals surface area (Å²) in [5.41, 5.74) is -2.99. The summed E-state index contributed by atoms with van der Waals surface area (Å²) in [4.78, 5) is 34.9. The number of ketones is 2. The summed E-state index contributed by atoms with van der Waals surface area (Å²) in [5, 5.41) is 81.2. The molecule has 8 rings (SSSR count). The van der Waals surface area contributed by atoms with Crippen molar-refractivity contribution in [3.05, 3.63) is 112 Å². The van der Waals surface area contributed by atoms with E-state index in [0.29, 0.717) is 29.3 Å². The number of rotatable bonds is 7. The molecule has 8 N–H and O–H groups in total. The number of hydrogen-bond donors (Lipinski definition) is 8. The normalized spacial score (nSPS) is 33.5. The van der Waals surface area contributed by atoms with E-state index >= 15 is 4.79 Å². The molecule has 2 fully saturated rings. The van der Waals surface area contributed by atoms with E-state index in [-0.39, 0.29) is 68.0 Å². The number of pyridine rings is 1. The molecule has 5 aliphatic rings. The molecule has 1 saturated carbocycles. The molecule has 2 aromatic carbocycles. The Bertz CT molecular complexity index is 2110. The van der Waals surface area contributed by atoms with E-state index in [9.17, 15) is 40.5 Å². The van der Waals surface area contributed by atoms with Crippen LogP contribution < -0.4 is 10.1 Å². The lowest BCUT2D eigenvalue weighted by Gasteiger charge is -2.59. The van der Waals surface area contributed by atoms with Gasteiger partial charge in [0.05, 0.1) is 30.6 Å². The average Bonchev–Trinajstić information content (AvgIpc) is 3.21. The number of hydrogen-bond acceptors (Lipinski definition) is 15. The van der Waals surface area contributed by atoms with Gasteiger partial charge in [-0.25, -0.2) is 4.98 Å². The van der Waals surface area contributed by atoms with Crippen LogP contribution in [0.4, 0.5) is 5.82 Å². The molecule has 2 aliphatic heterocycles. The van der Waals surface area contributed by atoms with Gasteiger partial charge in [0, 0.05) is 23.6 Å². The minimum Gasteiger partial charge on any atom is -0.511 e. The zero-order valence-corrected chi connectivity index (χ0v) is 32.6. The molecule has 7 bridgehead atoms.